The molecule has 2 N–H and O–H groups in total. The van der Waals surface area contributed by atoms with Gasteiger partial charge >= 0.3 is 5.51 Å². The number of piperidine rings is 1. The number of hydrogen-bond donors (Lipinski definition) is 2. The Morgan fingerprint density at radius 3 is 2.16 bits per heavy atom. The summed E-state index contributed by atoms with van der Waals surface area (Å²) in [6, 6.07) is 28.0. The van der Waals surface area contributed by atoms with Crippen molar-refractivity contribution < 1.29 is 44.3 Å². The van der Waals surface area contributed by atoms with Crippen LogP contribution < -0.4 is 14.9 Å². The van der Waals surface area contributed by atoms with Crippen molar-refractivity contribution in [3.63, 3.8) is 0 Å². The molecule has 70 heavy (non-hydrogen) atoms. The van der Waals surface area contributed by atoms with Crippen LogP contribution in [0.3, 0.4) is 0 Å². The maximum Gasteiger partial charge on any atom is 0.501 e. The zero-order chi connectivity index (χ0) is 49.8. The number of amides is 2. The first-order valence-electron chi connectivity index (χ1n) is 24.3. The van der Waals surface area contributed by atoms with E-state index in [1.54, 1.807) is 12.1 Å². The van der Waals surface area contributed by atoms with Crippen LogP contribution in [0, 0.1) is 23.2 Å². The van der Waals surface area contributed by atoms with Gasteiger partial charge in [-0.15, -0.1) is 11.8 Å². The molecule has 2 heterocycles. The molecule has 3 aliphatic carbocycles. The molecule has 5 aliphatic rings. The molecule has 5 atom stereocenters. The molecule has 5 fully saturated rings. The topological polar surface area (TPSA) is 145 Å². The maximum atomic E-state index is 14.2. The number of alkyl halides is 3. The van der Waals surface area contributed by atoms with Gasteiger partial charge in [-0.05, 0) is 122 Å². The molecule has 0 radical (unpaired) electrons. The van der Waals surface area contributed by atoms with Gasteiger partial charge in [-0.25, -0.2) is 21.6 Å². The highest BCUT2D eigenvalue weighted by molar-refractivity contribution is 7.99. The van der Waals surface area contributed by atoms with Gasteiger partial charge in [0.25, 0.3) is 25.8 Å². The summed E-state index contributed by atoms with van der Waals surface area (Å²) < 4.78 is 104. The fraction of sp³-hybridized carbons (Fsp3) is 0.500. The predicted molar refractivity (Wildman–Crippen MR) is 267 cm³/mol. The highest BCUT2D eigenvalue weighted by Crippen LogP contribution is 2.62. The van der Waals surface area contributed by atoms with Crippen molar-refractivity contribution in [2.75, 3.05) is 61.9 Å². The monoisotopic (exact) mass is 1020 g/mol. The van der Waals surface area contributed by atoms with Gasteiger partial charge in [-0.2, -0.15) is 13.2 Å². The number of carbonyl (C=O) groups excluding carboxylic acids is 2. The van der Waals surface area contributed by atoms with Crippen molar-refractivity contribution >= 4 is 54.8 Å². The van der Waals surface area contributed by atoms with Gasteiger partial charge in [0.2, 0.25) is 5.91 Å². The number of nitrogens with one attached hydrogen (secondary N) is 2. The van der Waals surface area contributed by atoms with Crippen molar-refractivity contribution in [1.82, 2.24) is 14.5 Å². The second-order valence-electron chi connectivity index (χ2n) is 19.8. The van der Waals surface area contributed by atoms with Gasteiger partial charge in [0.15, 0.2) is 0 Å². The number of halogens is 3. The molecule has 12 nitrogen and oxygen atoms in total. The van der Waals surface area contributed by atoms with Crippen molar-refractivity contribution in [1.29, 1.82) is 0 Å². The molecule has 2 amide bonds. The van der Waals surface area contributed by atoms with E-state index in [1.165, 1.54) is 30.3 Å². The van der Waals surface area contributed by atoms with E-state index in [9.17, 15) is 39.6 Å². The van der Waals surface area contributed by atoms with Crippen LogP contribution >= 0.6 is 11.8 Å². The molecule has 378 valence electrons. The number of hydrogen-bond acceptors (Lipinski definition) is 11. The molecule has 0 unspecified atom stereocenters. The van der Waals surface area contributed by atoms with Crippen LogP contribution in [-0.4, -0.2) is 114 Å². The zero-order valence-electron chi connectivity index (χ0n) is 39.9. The Hall–Kier alpha value is -4.62. The lowest BCUT2D eigenvalue weighted by molar-refractivity contribution is -0.164. The third-order valence-electron chi connectivity index (χ3n) is 15.3. The van der Waals surface area contributed by atoms with Gasteiger partial charge in [-0.1, -0.05) is 69.3 Å². The Morgan fingerprint density at radius 2 is 1.53 bits per heavy atom. The number of nitrogens with zero attached hydrogens (tertiary/aromatic N) is 3. The quantitative estimate of drug-likeness (QED) is 0.0923. The summed E-state index contributed by atoms with van der Waals surface area (Å²) in [7, 11) is -10.9. The number of anilines is 2. The molecule has 2 aliphatic heterocycles. The number of aryl methyl sites for hydroxylation is 1. The number of thioether (sulfide) groups is 1. The minimum Gasteiger partial charge on any atom is -0.380 e. The summed E-state index contributed by atoms with van der Waals surface area (Å²) >= 11 is 1.45. The average Bonchev–Trinajstić information content (AvgIpc) is 3.35. The smallest absolute Gasteiger partial charge is 0.380 e. The van der Waals surface area contributed by atoms with Crippen LogP contribution in [0.1, 0.15) is 75.2 Å². The van der Waals surface area contributed by atoms with E-state index in [1.807, 2.05) is 53.3 Å². The van der Waals surface area contributed by atoms with Crippen molar-refractivity contribution in [2.24, 2.45) is 23.2 Å². The van der Waals surface area contributed by atoms with Crippen LogP contribution in [0.2, 0.25) is 0 Å². The third kappa shape index (κ3) is 11.7. The second kappa shape index (κ2) is 21.6. The fourth-order valence-corrected chi connectivity index (χ4v) is 14.1. The van der Waals surface area contributed by atoms with Gasteiger partial charge in [0.1, 0.15) is 4.90 Å². The van der Waals surface area contributed by atoms with Crippen LogP contribution in [0.25, 0.3) is 0 Å². The van der Waals surface area contributed by atoms with E-state index in [4.69, 9.17) is 4.74 Å². The lowest BCUT2D eigenvalue weighted by Gasteiger charge is -2.64. The molecule has 0 spiro atoms. The number of sulfonamides is 1. The van der Waals surface area contributed by atoms with Gasteiger partial charge in [-0.3, -0.25) is 14.5 Å². The highest BCUT2D eigenvalue weighted by Gasteiger charge is 2.58. The SMILES string of the molecule is C[C@@H]1[C@@H](N(C(=O)CCc2ccccc2)C2CCN(c3ccc(C(=O)NS(=O)(=O)c4ccc(N[C@H](CCN5CCOCC5)CSc5ccccc5)c(S(=O)(=O)C(F)(F)F)c4)cc3)CC2)C[C@H]2C[C@@H]1C2(C)C. The standard InChI is InChI=1S/C52H64F3N5O7S3/c1-36-45-32-39(51(45,2)3)33-47(36)60(49(61)21-14-37-10-6-4-7-11-37)42-23-26-59(27-24-42)41-17-15-38(16-18-41)50(62)57-70(65,66)44-19-20-46(48(34-44)69(63,64)52(53,54)55)56-40(22-25-58-28-30-67-31-29-58)35-68-43-12-8-5-9-13-43/h4-13,15-20,34,36,39-40,42,45,47,56H,14,21-33,35H2,1-3H3,(H,57,62)/t36-,39+,40+,45-,47-/m0/s1. The summed E-state index contributed by atoms with van der Waals surface area (Å²) in [6.45, 7) is 11.4. The summed E-state index contributed by atoms with van der Waals surface area (Å²) in [6.07, 6.45) is 5.35. The van der Waals surface area contributed by atoms with E-state index in [0.717, 1.165) is 47.5 Å². The van der Waals surface area contributed by atoms with Crippen LogP contribution in [-0.2, 0) is 35.8 Å². The first-order valence-corrected chi connectivity index (χ1v) is 28.2. The Morgan fingerprint density at radius 1 is 0.871 bits per heavy atom. The highest BCUT2D eigenvalue weighted by atomic mass is 32.2. The lowest BCUT2D eigenvalue weighted by Crippen LogP contribution is -2.64. The molecule has 4 aromatic rings. The molecule has 4 aromatic carbocycles. The Kier molecular flexibility index (Phi) is 16.0. The largest absolute Gasteiger partial charge is 0.501 e. The average molecular weight is 1020 g/mol. The molecule has 2 saturated heterocycles. The number of sulfone groups is 1. The second-order valence-corrected chi connectivity index (χ2v) is 24.5. The Balaban J connectivity index is 0.935. The maximum absolute atomic E-state index is 14.2. The molecular formula is C52H64F3N5O7S3. The van der Waals surface area contributed by atoms with Crippen molar-refractivity contribution in [2.45, 2.75) is 104 Å². The Labute approximate surface area is 415 Å². The fourth-order valence-electron chi connectivity index (χ4n) is 11.1. The van der Waals surface area contributed by atoms with Crippen LogP contribution in [0.5, 0.6) is 0 Å². The molecule has 2 bridgehead atoms. The predicted octanol–water partition coefficient (Wildman–Crippen LogP) is 8.89. The van der Waals surface area contributed by atoms with Gasteiger partial charge in [0, 0.05) is 79.2 Å². The minimum absolute atomic E-state index is 0.0226. The van der Waals surface area contributed by atoms with Crippen molar-refractivity contribution in [3.05, 3.63) is 114 Å². The number of ether oxygens (including phenoxy) is 1. The zero-order valence-corrected chi connectivity index (χ0v) is 42.4. The van der Waals surface area contributed by atoms with Crippen molar-refractivity contribution in [3.8, 4) is 0 Å². The van der Waals surface area contributed by atoms with E-state index < -0.39 is 52.8 Å². The van der Waals surface area contributed by atoms with Crippen LogP contribution in [0.4, 0.5) is 24.5 Å². The van der Waals surface area contributed by atoms with Crippen LogP contribution in [0.15, 0.2) is 118 Å². The summed E-state index contributed by atoms with van der Waals surface area (Å²) in [5.74, 6) is 1.11. The lowest BCUT2D eigenvalue weighted by atomic mass is 9.44. The molecule has 18 heteroatoms. The number of carbonyl (C=O) groups is 2. The number of fused-ring (bicyclic) bond motifs is 2. The first kappa shape index (κ1) is 51.7. The number of benzene rings is 4. The van der Waals surface area contributed by atoms with E-state index in [2.05, 4.69) is 52.9 Å². The van der Waals surface area contributed by atoms with E-state index >= 15 is 0 Å². The summed E-state index contributed by atoms with van der Waals surface area (Å²) in [4.78, 5) is 33.1. The summed E-state index contributed by atoms with van der Waals surface area (Å²) in [5, 5.41) is 3.00. The first-order chi connectivity index (χ1) is 33.3. The van der Waals surface area contributed by atoms with E-state index in [0.29, 0.717) is 94.8 Å². The molecular weight excluding hydrogens is 960 g/mol. The minimum atomic E-state index is -6.07. The normalized spacial score (nSPS) is 22.4. The molecule has 0 aromatic heterocycles. The van der Waals surface area contributed by atoms with Gasteiger partial charge in [0.05, 0.1) is 23.8 Å². The van der Waals surface area contributed by atoms with E-state index in [-0.39, 0.29) is 29.0 Å². The number of rotatable bonds is 18. The molecule has 3 saturated carbocycles. The summed E-state index contributed by atoms with van der Waals surface area (Å²) in [5.41, 5.74) is -3.95. The number of morpholine rings is 1. The van der Waals surface area contributed by atoms with Gasteiger partial charge < -0.3 is 19.9 Å². The Bertz CT molecular complexity index is 2660. The molecule has 9 rings (SSSR count). The third-order valence-corrected chi connectivity index (χ3v) is 19.3.